The molecule has 1 rings (SSSR count). The quantitative estimate of drug-likeness (QED) is 0.822. The molecule has 1 aromatic rings. The lowest BCUT2D eigenvalue weighted by atomic mass is 10.3. The second kappa shape index (κ2) is 7.04. The Kier molecular flexibility index (Phi) is 5.69. The van der Waals surface area contributed by atoms with E-state index < -0.39 is 0 Å². The molecule has 0 saturated carbocycles. The van der Waals surface area contributed by atoms with Crippen LogP contribution < -0.4 is 5.32 Å². The minimum atomic E-state index is 0.0864. The Hall–Kier alpha value is -1.69. The first-order chi connectivity index (χ1) is 8.96. The van der Waals surface area contributed by atoms with E-state index in [2.05, 4.69) is 15.3 Å². The molecule has 1 N–H and O–H groups in total. The van der Waals surface area contributed by atoms with Crippen LogP contribution in [0.1, 0.15) is 18.4 Å². The van der Waals surface area contributed by atoms with Crippen LogP contribution in [0.15, 0.2) is 6.07 Å². The number of nitrogens with one attached hydrogen (secondary N) is 1. The van der Waals surface area contributed by atoms with E-state index in [-0.39, 0.29) is 5.91 Å². The Morgan fingerprint density at radius 3 is 2.58 bits per heavy atom. The van der Waals surface area contributed by atoms with Crippen molar-refractivity contribution in [3.63, 3.8) is 0 Å². The Morgan fingerprint density at radius 1 is 1.37 bits per heavy atom. The van der Waals surface area contributed by atoms with Gasteiger partial charge in [0.05, 0.1) is 13.1 Å². The molecule has 6 heteroatoms. The molecule has 0 aliphatic rings. The zero-order chi connectivity index (χ0) is 14.4. The van der Waals surface area contributed by atoms with Crippen LogP contribution in [0.2, 0.25) is 0 Å². The van der Waals surface area contributed by atoms with E-state index >= 15 is 0 Å². The number of nitrogens with zero attached hydrogens (tertiary/aromatic N) is 4. The lowest BCUT2D eigenvalue weighted by Gasteiger charge is -2.21. The summed E-state index contributed by atoms with van der Waals surface area (Å²) in [5, 5.41) is 3.01. The maximum absolute atomic E-state index is 11.7. The number of hydrogen-bond acceptors (Lipinski definition) is 5. The van der Waals surface area contributed by atoms with Crippen LogP contribution in [0, 0.1) is 6.92 Å². The van der Waals surface area contributed by atoms with Gasteiger partial charge in [-0.15, -0.1) is 0 Å². The molecule has 6 nitrogen and oxygen atoms in total. The minimum absolute atomic E-state index is 0.0864. The van der Waals surface area contributed by atoms with Crippen molar-refractivity contribution in [2.75, 3.05) is 39.5 Å². The van der Waals surface area contributed by atoms with Gasteiger partial charge in [-0.2, -0.15) is 0 Å². The van der Waals surface area contributed by atoms with Gasteiger partial charge in [0.2, 0.25) is 5.91 Å². The SMILES string of the molecule is CCN(CC(=O)N(C)C)Cc1nc(C)cc(NC)n1. The third kappa shape index (κ3) is 4.82. The largest absolute Gasteiger partial charge is 0.373 e. The summed E-state index contributed by atoms with van der Waals surface area (Å²) in [6.07, 6.45) is 0. The fraction of sp³-hybridized carbons (Fsp3) is 0.615. The lowest BCUT2D eigenvalue weighted by Crippen LogP contribution is -2.36. The highest BCUT2D eigenvalue weighted by molar-refractivity contribution is 5.77. The number of rotatable bonds is 6. The average molecular weight is 265 g/mol. The van der Waals surface area contributed by atoms with Gasteiger partial charge in [-0.25, -0.2) is 9.97 Å². The molecular weight excluding hydrogens is 242 g/mol. The standard InChI is InChI=1S/C13H23N5O/c1-6-18(9-13(19)17(4)5)8-12-15-10(2)7-11(14-3)16-12/h7H,6,8-9H2,1-5H3,(H,14,15,16). The molecule has 0 fully saturated rings. The summed E-state index contributed by atoms with van der Waals surface area (Å²) in [5.74, 6) is 1.62. The Balaban J connectivity index is 2.75. The highest BCUT2D eigenvalue weighted by Crippen LogP contribution is 2.07. The summed E-state index contributed by atoms with van der Waals surface area (Å²) in [4.78, 5) is 24.2. The zero-order valence-electron chi connectivity index (χ0n) is 12.4. The molecule has 1 aromatic heterocycles. The number of carbonyl (C=O) groups excluding carboxylic acids is 1. The van der Waals surface area contributed by atoms with Crippen LogP contribution in [0.5, 0.6) is 0 Å². The number of likely N-dealkylation sites (N-methyl/N-ethyl adjacent to an activating group) is 2. The van der Waals surface area contributed by atoms with Gasteiger partial charge >= 0.3 is 0 Å². The Morgan fingerprint density at radius 2 is 2.05 bits per heavy atom. The first-order valence-electron chi connectivity index (χ1n) is 6.41. The number of carbonyl (C=O) groups is 1. The van der Waals surface area contributed by atoms with Gasteiger partial charge in [0.25, 0.3) is 0 Å². The number of aromatic nitrogens is 2. The molecule has 19 heavy (non-hydrogen) atoms. The molecular formula is C13H23N5O. The fourth-order valence-electron chi connectivity index (χ4n) is 1.64. The predicted molar refractivity (Wildman–Crippen MR) is 76.0 cm³/mol. The van der Waals surface area contributed by atoms with Crippen LogP contribution in [-0.4, -0.2) is 59.9 Å². The van der Waals surface area contributed by atoms with E-state index in [1.165, 1.54) is 0 Å². The van der Waals surface area contributed by atoms with Gasteiger partial charge in [-0.05, 0) is 13.5 Å². The normalized spacial score (nSPS) is 10.6. The Bertz CT molecular complexity index is 433. The number of anilines is 1. The van der Waals surface area contributed by atoms with Gasteiger partial charge in [-0.1, -0.05) is 6.92 Å². The third-order valence-electron chi connectivity index (χ3n) is 2.83. The van der Waals surface area contributed by atoms with Crippen LogP contribution in [-0.2, 0) is 11.3 Å². The second-order valence-corrected chi connectivity index (χ2v) is 4.65. The van der Waals surface area contributed by atoms with E-state index in [9.17, 15) is 4.79 Å². The van der Waals surface area contributed by atoms with Gasteiger partial charge in [0.15, 0.2) is 0 Å². The first kappa shape index (κ1) is 15.4. The summed E-state index contributed by atoms with van der Waals surface area (Å²) < 4.78 is 0. The molecule has 0 spiro atoms. The van der Waals surface area contributed by atoms with E-state index in [0.29, 0.717) is 13.1 Å². The zero-order valence-corrected chi connectivity index (χ0v) is 12.4. The number of amides is 1. The number of aryl methyl sites for hydroxylation is 1. The Labute approximate surface area is 114 Å². The van der Waals surface area contributed by atoms with Gasteiger partial charge < -0.3 is 10.2 Å². The van der Waals surface area contributed by atoms with Crippen molar-refractivity contribution in [2.45, 2.75) is 20.4 Å². The van der Waals surface area contributed by atoms with Crippen molar-refractivity contribution in [2.24, 2.45) is 0 Å². The molecule has 0 atom stereocenters. The smallest absolute Gasteiger partial charge is 0.236 e. The second-order valence-electron chi connectivity index (χ2n) is 4.65. The fourth-order valence-corrected chi connectivity index (χ4v) is 1.64. The molecule has 0 aliphatic heterocycles. The molecule has 1 amide bonds. The van der Waals surface area contributed by atoms with Crippen molar-refractivity contribution in [1.29, 1.82) is 0 Å². The molecule has 0 saturated heterocycles. The van der Waals surface area contributed by atoms with Crippen LogP contribution in [0.25, 0.3) is 0 Å². The lowest BCUT2D eigenvalue weighted by molar-refractivity contribution is -0.130. The van der Waals surface area contributed by atoms with E-state index in [0.717, 1.165) is 23.9 Å². The highest BCUT2D eigenvalue weighted by atomic mass is 16.2. The van der Waals surface area contributed by atoms with E-state index in [1.807, 2.05) is 31.9 Å². The third-order valence-corrected chi connectivity index (χ3v) is 2.83. The van der Waals surface area contributed by atoms with Crippen molar-refractivity contribution in [3.8, 4) is 0 Å². The van der Waals surface area contributed by atoms with Crippen LogP contribution >= 0.6 is 0 Å². The molecule has 0 aromatic carbocycles. The van der Waals surface area contributed by atoms with Crippen LogP contribution in [0.4, 0.5) is 5.82 Å². The number of hydrogen-bond donors (Lipinski definition) is 1. The van der Waals surface area contributed by atoms with Gasteiger partial charge in [0, 0.05) is 32.9 Å². The maximum Gasteiger partial charge on any atom is 0.236 e. The van der Waals surface area contributed by atoms with Crippen molar-refractivity contribution >= 4 is 11.7 Å². The summed E-state index contributed by atoms with van der Waals surface area (Å²) in [6.45, 7) is 5.71. The van der Waals surface area contributed by atoms with E-state index in [1.54, 1.807) is 19.0 Å². The highest BCUT2D eigenvalue weighted by Gasteiger charge is 2.13. The monoisotopic (exact) mass is 265 g/mol. The summed E-state index contributed by atoms with van der Waals surface area (Å²) in [6, 6.07) is 1.89. The maximum atomic E-state index is 11.7. The summed E-state index contributed by atoms with van der Waals surface area (Å²) in [5.41, 5.74) is 0.921. The predicted octanol–water partition coefficient (Wildman–Crippen LogP) is 0.737. The van der Waals surface area contributed by atoms with E-state index in [4.69, 9.17) is 0 Å². The summed E-state index contributed by atoms with van der Waals surface area (Å²) >= 11 is 0. The molecule has 106 valence electrons. The van der Waals surface area contributed by atoms with Crippen molar-refractivity contribution < 1.29 is 4.79 Å². The van der Waals surface area contributed by atoms with Gasteiger partial charge in [-0.3, -0.25) is 9.69 Å². The minimum Gasteiger partial charge on any atom is -0.373 e. The molecule has 1 heterocycles. The molecule has 0 bridgehead atoms. The van der Waals surface area contributed by atoms with Gasteiger partial charge in [0.1, 0.15) is 11.6 Å². The van der Waals surface area contributed by atoms with Crippen molar-refractivity contribution in [1.82, 2.24) is 19.8 Å². The molecule has 0 unspecified atom stereocenters. The first-order valence-corrected chi connectivity index (χ1v) is 6.41. The topological polar surface area (TPSA) is 61.4 Å². The molecule has 0 aliphatic carbocycles. The molecule has 0 radical (unpaired) electrons. The van der Waals surface area contributed by atoms with Crippen molar-refractivity contribution in [3.05, 3.63) is 17.6 Å². The summed E-state index contributed by atoms with van der Waals surface area (Å²) in [7, 11) is 5.36. The average Bonchev–Trinajstić information content (AvgIpc) is 2.36. The van der Waals surface area contributed by atoms with Crippen LogP contribution in [0.3, 0.4) is 0 Å².